The first kappa shape index (κ1) is 25.5. The second-order valence-electron chi connectivity index (χ2n) is 9.06. The summed E-state index contributed by atoms with van der Waals surface area (Å²) in [5, 5.41) is 14.2. The van der Waals surface area contributed by atoms with E-state index in [1.165, 1.54) is 31.5 Å². The van der Waals surface area contributed by atoms with Gasteiger partial charge in [0.2, 0.25) is 0 Å². The quantitative estimate of drug-likeness (QED) is 0.255. The van der Waals surface area contributed by atoms with E-state index in [0.29, 0.717) is 17.5 Å². The molecule has 3 aromatic carbocycles. The molecule has 0 bridgehead atoms. The second-order valence-corrected chi connectivity index (χ2v) is 9.06. The Morgan fingerprint density at radius 1 is 1.06 bits per heavy atom. The van der Waals surface area contributed by atoms with E-state index in [9.17, 15) is 14.3 Å². The molecular formula is C30H33FN2O3. The van der Waals surface area contributed by atoms with E-state index in [1.807, 2.05) is 18.2 Å². The summed E-state index contributed by atoms with van der Waals surface area (Å²) in [6, 6.07) is 19.6. The summed E-state index contributed by atoms with van der Waals surface area (Å²) in [7, 11) is 1.42. The van der Waals surface area contributed by atoms with Crippen LogP contribution in [-0.2, 0) is 13.0 Å². The lowest BCUT2D eigenvalue weighted by Gasteiger charge is -2.16. The van der Waals surface area contributed by atoms with Gasteiger partial charge < -0.3 is 19.7 Å². The van der Waals surface area contributed by atoms with Gasteiger partial charge in [0.1, 0.15) is 0 Å². The fraction of sp³-hybridized carbons (Fsp3) is 0.300. The number of rotatable bonds is 11. The van der Waals surface area contributed by atoms with Crippen LogP contribution in [0.15, 0.2) is 72.9 Å². The summed E-state index contributed by atoms with van der Waals surface area (Å²) in [4.78, 5) is 13.1. The van der Waals surface area contributed by atoms with E-state index in [0.717, 1.165) is 29.5 Å². The van der Waals surface area contributed by atoms with Crippen molar-refractivity contribution in [2.24, 2.45) is 0 Å². The number of aromatic nitrogens is 1. The highest BCUT2D eigenvalue weighted by Gasteiger charge is 2.18. The maximum atomic E-state index is 14.2. The first-order valence-electron chi connectivity index (χ1n) is 12.5. The van der Waals surface area contributed by atoms with Gasteiger partial charge in [-0.05, 0) is 59.9 Å². The van der Waals surface area contributed by atoms with E-state index >= 15 is 0 Å². The number of hydrogen-bond donors (Lipinski definition) is 2. The number of nitrogens with one attached hydrogen (secondary N) is 1. The summed E-state index contributed by atoms with van der Waals surface area (Å²) in [6.07, 6.45) is 6.13. The van der Waals surface area contributed by atoms with Crippen LogP contribution in [0.3, 0.4) is 0 Å². The molecule has 0 fully saturated rings. The topological polar surface area (TPSA) is 63.5 Å². The summed E-state index contributed by atoms with van der Waals surface area (Å²) in [5.41, 5.74) is 4.09. The number of amides is 1. The molecular weight excluding hydrogens is 455 g/mol. The fourth-order valence-electron chi connectivity index (χ4n) is 4.58. The monoisotopic (exact) mass is 488 g/mol. The second kappa shape index (κ2) is 11.9. The lowest BCUT2D eigenvalue weighted by molar-refractivity contribution is 0.0916. The number of aliphatic hydroxyl groups excluding tert-OH is 1. The minimum Gasteiger partial charge on any atom is -0.494 e. The molecule has 1 aromatic heterocycles. The van der Waals surface area contributed by atoms with Crippen LogP contribution >= 0.6 is 0 Å². The van der Waals surface area contributed by atoms with Gasteiger partial charge in [0.05, 0.1) is 19.8 Å². The molecule has 1 amide bonds. The number of ether oxygens (including phenoxy) is 1. The van der Waals surface area contributed by atoms with Gasteiger partial charge in [0.15, 0.2) is 11.6 Å². The van der Waals surface area contributed by atoms with Gasteiger partial charge in [-0.2, -0.15) is 0 Å². The number of fused-ring (bicyclic) bond motifs is 1. The predicted octanol–water partition coefficient (Wildman–Crippen LogP) is 5.98. The number of aliphatic hydroxyl groups is 1. The Hall–Kier alpha value is -3.64. The number of carbonyl (C=O) groups is 1. The van der Waals surface area contributed by atoms with Crippen molar-refractivity contribution in [1.29, 1.82) is 0 Å². The zero-order chi connectivity index (χ0) is 25.5. The van der Waals surface area contributed by atoms with E-state index in [4.69, 9.17) is 4.74 Å². The van der Waals surface area contributed by atoms with Crippen LogP contribution in [-0.4, -0.2) is 35.3 Å². The largest absolute Gasteiger partial charge is 0.494 e. The lowest BCUT2D eigenvalue weighted by Crippen LogP contribution is -2.39. The Balaban J connectivity index is 1.50. The standard InChI is InChI=1S/C30H33FN2O3/c1-3-4-7-15-33-19-24(26-11-5-6-12-28(26)33)17-25(20-34)32-30(35)23-10-8-9-21(16-23)22-13-14-29(36-2)27(31)18-22/h5-6,8-14,16,18-19,25,34H,3-4,7,15,17,20H2,1-2H3,(H,32,35)/t25-/m1/s1. The zero-order valence-electron chi connectivity index (χ0n) is 20.8. The minimum absolute atomic E-state index is 0.171. The molecule has 0 saturated carbocycles. The number of methoxy groups -OCH3 is 1. The SMILES string of the molecule is CCCCCn1cc(C[C@H](CO)NC(=O)c2cccc(-c3ccc(OC)c(F)c3)c2)c2ccccc21. The van der Waals surface area contributed by atoms with Gasteiger partial charge in [-0.25, -0.2) is 4.39 Å². The normalized spacial score (nSPS) is 12.0. The molecule has 5 nitrogen and oxygen atoms in total. The Morgan fingerprint density at radius 3 is 2.61 bits per heavy atom. The molecule has 0 spiro atoms. The molecule has 6 heteroatoms. The number of benzene rings is 3. The van der Waals surface area contributed by atoms with Crippen LogP contribution in [0.2, 0.25) is 0 Å². The average Bonchev–Trinajstić information content (AvgIpc) is 3.25. The fourth-order valence-corrected chi connectivity index (χ4v) is 4.58. The van der Waals surface area contributed by atoms with Gasteiger partial charge in [-0.1, -0.05) is 56.2 Å². The third kappa shape index (κ3) is 5.77. The van der Waals surface area contributed by atoms with Gasteiger partial charge in [0.25, 0.3) is 5.91 Å². The number of aryl methyl sites for hydroxylation is 1. The predicted molar refractivity (Wildman–Crippen MR) is 142 cm³/mol. The van der Waals surface area contributed by atoms with Crippen molar-refractivity contribution in [2.45, 2.75) is 45.2 Å². The molecule has 1 atom stereocenters. The van der Waals surface area contributed by atoms with Crippen molar-refractivity contribution in [2.75, 3.05) is 13.7 Å². The van der Waals surface area contributed by atoms with E-state index in [-0.39, 0.29) is 18.3 Å². The summed E-state index contributed by atoms with van der Waals surface area (Å²) < 4.78 is 21.4. The highest BCUT2D eigenvalue weighted by Crippen LogP contribution is 2.27. The van der Waals surface area contributed by atoms with Crippen molar-refractivity contribution in [1.82, 2.24) is 9.88 Å². The Labute approximate surface area is 211 Å². The molecule has 0 saturated heterocycles. The van der Waals surface area contributed by atoms with E-state index in [1.54, 1.807) is 30.3 Å². The molecule has 36 heavy (non-hydrogen) atoms. The maximum Gasteiger partial charge on any atom is 0.251 e. The van der Waals surface area contributed by atoms with Crippen molar-refractivity contribution in [3.63, 3.8) is 0 Å². The summed E-state index contributed by atoms with van der Waals surface area (Å²) >= 11 is 0. The number of hydrogen-bond acceptors (Lipinski definition) is 3. The van der Waals surface area contributed by atoms with E-state index in [2.05, 4.69) is 35.1 Å². The van der Waals surface area contributed by atoms with Gasteiger partial charge in [-0.15, -0.1) is 0 Å². The van der Waals surface area contributed by atoms with Crippen LogP contribution in [0.1, 0.15) is 42.1 Å². The highest BCUT2D eigenvalue weighted by molar-refractivity contribution is 5.95. The van der Waals surface area contributed by atoms with Crippen LogP contribution in [0.25, 0.3) is 22.0 Å². The molecule has 0 aliphatic rings. The van der Waals surface area contributed by atoms with E-state index < -0.39 is 11.9 Å². The van der Waals surface area contributed by atoms with Gasteiger partial charge in [0, 0.05) is 29.2 Å². The number of para-hydroxylation sites is 1. The number of nitrogens with zero attached hydrogens (tertiary/aromatic N) is 1. The highest BCUT2D eigenvalue weighted by atomic mass is 19.1. The summed E-state index contributed by atoms with van der Waals surface area (Å²) in [5.74, 6) is -0.569. The first-order valence-corrected chi connectivity index (χ1v) is 12.5. The molecule has 0 aliphatic carbocycles. The molecule has 188 valence electrons. The Morgan fingerprint density at radius 2 is 1.86 bits per heavy atom. The average molecular weight is 489 g/mol. The van der Waals surface area contributed by atoms with Crippen molar-refractivity contribution >= 4 is 16.8 Å². The summed E-state index contributed by atoms with van der Waals surface area (Å²) in [6.45, 7) is 2.96. The number of carbonyl (C=O) groups excluding carboxylic acids is 1. The Bertz CT molecular complexity index is 1330. The number of halogens is 1. The molecule has 2 N–H and O–H groups in total. The maximum absolute atomic E-state index is 14.2. The molecule has 0 radical (unpaired) electrons. The van der Waals surface area contributed by atoms with Crippen LogP contribution in [0.4, 0.5) is 4.39 Å². The lowest BCUT2D eigenvalue weighted by atomic mass is 10.0. The third-order valence-corrected chi connectivity index (χ3v) is 6.51. The van der Waals surface area contributed by atoms with Crippen molar-refractivity contribution < 1.29 is 19.0 Å². The molecule has 4 rings (SSSR count). The molecule has 0 aliphatic heterocycles. The van der Waals surface area contributed by atoms with Gasteiger partial charge >= 0.3 is 0 Å². The Kier molecular flexibility index (Phi) is 8.39. The van der Waals surface area contributed by atoms with Crippen LogP contribution in [0.5, 0.6) is 5.75 Å². The number of unbranched alkanes of at least 4 members (excludes halogenated alkanes) is 2. The minimum atomic E-state index is -0.459. The zero-order valence-corrected chi connectivity index (χ0v) is 20.8. The molecule has 0 unspecified atom stereocenters. The van der Waals surface area contributed by atoms with Crippen molar-refractivity contribution in [3.05, 3.63) is 89.9 Å². The van der Waals surface area contributed by atoms with Crippen LogP contribution < -0.4 is 10.1 Å². The van der Waals surface area contributed by atoms with Gasteiger partial charge in [-0.3, -0.25) is 4.79 Å². The third-order valence-electron chi connectivity index (χ3n) is 6.51. The molecule has 4 aromatic rings. The molecule has 1 heterocycles. The first-order chi connectivity index (χ1) is 17.5. The smallest absolute Gasteiger partial charge is 0.251 e. The van der Waals surface area contributed by atoms with Crippen LogP contribution in [0, 0.1) is 5.82 Å². The van der Waals surface area contributed by atoms with Crippen molar-refractivity contribution in [3.8, 4) is 16.9 Å².